The molecular weight excluding hydrogens is 408 g/mol. The first-order valence-electron chi connectivity index (χ1n) is 9.64. The zero-order valence-corrected chi connectivity index (χ0v) is 16.4. The molecule has 0 unspecified atom stereocenters. The zero-order valence-electron chi connectivity index (χ0n) is 16.4. The van der Waals surface area contributed by atoms with Crippen molar-refractivity contribution in [2.75, 3.05) is 5.32 Å². The molecule has 1 aliphatic carbocycles. The van der Waals surface area contributed by atoms with Crippen LogP contribution in [0.3, 0.4) is 0 Å². The third kappa shape index (κ3) is 3.41. The van der Waals surface area contributed by atoms with E-state index in [4.69, 9.17) is 0 Å². The highest BCUT2D eigenvalue weighted by atomic mass is 19.3. The number of benzene rings is 1. The Morgan fingerprint density at radius 2 is 1.87 bits per heavy atom. The molecule has 2 aliphatic rings. The van der Waals surface area contributed by atoms with Gasteiger partial charge in [0, 0.05) is 17.8 Å². The number of nitrogens with zero attached hydrogens (tertiary/aromatic N) is 1. The van der Waals surface area contributed by atoms with E-state index in [1.807, 2.05) is 6.92 Å². The molecule has 158 valence electrons. The summed E-state index contributed by atoms with van der Waals surface area (Å²) >= 11 is 0. The van der Waals surface area contributed by atoms with Gasteiger partial charge in [-0.25, -0.2) is 4.98 Å². The van der Waals surface area contributed by atoms with E-state index in [-0.39, 0.29) is 23.0 Å². The third-order valence-electron chi connectivity index (χ3n) is 5.53. The molecule has 1 fully saturated rings. The number of hydrogen-bond donors (Lipinski definition) is 2. The molecule has 1 aliphatic heterocycles. The quantitative estimate of drug-likeness (QED) is 0.664. The summed E-state index contributed by atoms with van der Waals surface area (Å²) in [7, 11) is 0. The van der Waals surface area contributed by atoms with Gasteiger partial charge in [-0.2, -0.15) is 0 Å². The van der Waals surface area contributed by atoms with Crippen LogP contribution in [0.5, 0.6) is 11.5 Å². The smallest absolute Gasteiger partial charge is 0.395 e. The minimum Gasteiger partial charge on any atom is -0.395 e. The topological polar surface area (TPSA) is 93.3 Å². The summed E-state index contributed by atoms with van der Waals surface area (Å²) < 4.78 is 35.6. The second kappa shape index (κ2) is 6.63. The number of rotatable bonds is 4. The normalized spacial score (nSPS) is 17.3. The van der Waals surface area contributed by atoms with Crippen molar-refractivity contribution in [1.82, 2.24) is 9.97 Å². The summed E-state index contributed by atoms with van der Waals surface area (Å²) in [4.78, 5) is 31.8. The number of anilines is 1. The van der Waals surface area contributed by atoms with Crippen molar-refractivity contribution in [3.63, 3.8) is 0 Å². The molecule has 9 heteroatoms. The van der Waals surface area contributed by atoms with Crippen LogP contribution in [-0.4, -0.2) is 22.2 Å². The Morgan fingerprint density at radius 3 is 2.61 bits per heavy atom. The predicted octanol–water partition coefficient (Wildman–Crippen LogP) is 3.74. The van der Waals surface area contributed by atoms with E-state index in [0.717, 1.165) is 5.56 Å². The summed E-state index contributed by atoms with van der Waals surface area (Å²) in [6.45, 7) is 1.86. The van der Waals surface area contributed by atoms with Crippen molar-refractivity contribution >= 4 is 11.7 Å². The molecular formula is C22H17F2N3O4. The number of ether oxygens (including phenoxy) is 2. The van der Waals surface area contributed by atoms with E-state index in [1.54, 1.807) is 24.3 Å². The lowest BCUT2D eigenvalue weighted by Gasteiger charge is -2.16. The number of amides is 1. The first-order valence-corrected chi connectivity index (χ1v) is 9.64. The number of hydrogen-bond acceptors (Lipinski definition) is 5. The molecule has 7 nitrogen and oxygen atoms in total. The number of H-pyrrole nitrogens is 1. The number of nitrogens with one attached hydrogen (secondary N) is 2. The molecule has 1 amide bonds. The lowest BCUT2D eigenvalue weighted by Crippen LogP contribution is -2.28. The van der Waals surface area contributed by atoms with Gasteiger partial charge in [0.05, 0.1) is 11.1 Å². The fourth-order valence-electron chi connectivity index (χ4n) is 3.74. The Kier molecular flexibility index (Phi) is 4.11. The molecule has 0 saturated heterocycles. The molecule has 0 radical (unpaired) electrons. The first kappa shape index (κ1) is 19.2. The van der Waals surface area contributed by atoms with E-state index < -0.39 is 11.7 Å². The first-order chi connectivity index (χ1) is 14.8. The molecule has 3 aromatic rings. The van der Waals surface area contributed by atoms with Crippen molar-refractivity contribution in [1.29, 1.82) is 0 Å². The molecule has 3 heterocycles. The number of aromatic nitrogens is 2. The molecule has 5 rings (SSSR count). The van der Waals surface area contributed by atoms with E-state index in [9.17, 15) is 18.4 Å². The Labute approximate surface area is 175 Å². The van der Waals surface area contributed by atoms with Gasteiger partial charge in [0.25, 0.3) is 0 Å². The monoisotopic (exact) mass is 425 g/mol. The van der Waals surface area contributed by atoms with Gasteiger partial charge in [0.2, 0.25) is 11.5 Å². The second-order valence-electron chi connectivity index (χ2n) is 7.67. The molecule has 1 aromatic carbocycles. The average molecular weight is 425 g/mol. The van der Waals surface area contributed by atoms with Crippen LogP contribution in [0.25, 0.3) is 11.3 Å². The summed E-state index contributed by atoms with van der Waals surface area (Å²) in [5.74, 6) is -0.102. The highest BCUT2D eigenvalue weighted by Gasteiger charge is 2.53. The number of aromatic amines is 1. The summed E-state index contributed by atoms with van der Waals surface area (Å²) in [6, 6.07) is 11.1. The second-order valence-corrected chi connectivity index (χ2v) is 7.67. The number of carbonyl (C=O) groups is 1. The van der Waals surface area contributed by atoms with Crippen LogP contribution in [0.2, 0.25) is 0 Å². The van der Waals surface area contributed by atoms with Gasteiger partial charge < -0.3 is 19.8 Å². The number of halogens is 2. The number of pyridine rings is 2. The van der Waals surface area contributed by atoms with Gasteiger partial charge in [-0.3, -0.25) is 9.59 Å². The van der Waals surface area contributed by atoms with E-state index in [1.165, 1.54) is 24.4 Å². The number of aryl methyl sites for hydroxylation is 1. The van der Waals surface area contributed by atoms with Crippen molar-refractivity contribution in [2.24, 2.45) is 0 Å². The maximum atomic E-state index is 13.3. The van der Waals surface area contributed by atoms with Crippen LogP contribution in [0, 0.1) is 6.92 Å². The van der Waals surface area contributed by atoms with Crippen molar-refractivity contribution in [3.8, 4) is 22.8 Å². The highest BCUT2D eigenvalue weighted by molar-refractivity contribution is 6.01. The molecule has 0 atom stereocenters. The Hall–Kier alpha value is -3.75. The number of alkyl halides is 2. The van der Waals surface area contributed by atoms with Crippen LogP contribution in [0.1, 0.15) is 24.0 Å². The molecule has 2 aromatic heterocycles. The Morgan fingerprint density at radius 1 is 1.10 bits per heavy atom. The van der Waals surface area contributed by atoms with Gasteiger partial charge >= 0.3 is 6.29 Å². The van der Waals surface area contributed by atoms with Crippen LogP contribution >= 0.6 is 0 Å². The van der Waals surface area contributed by atoms with Crippen LogP contribution in [0.4, 0.5) is 14.6 Å². The SMILES string of the molecule is Cc1ccc(NC(=O)C2(c3ccc4c(c3)OC(F)(F)O4)CC2)nc1-c1cc[nH]c(=O)c1. The molecule has 1 saturated carbocycles. The minimum atomic E-state index is -3.71. The third-order valence-corrected chi connectivity index (χ3v) is 5.53. The highest BCUT2D eigenvalue weighted by Crippen LogP contribution is 2.52. The van der Waals surface area contributed by atoms with E-state index in [0.29, 0.717) is 35.5 Å². The van der Waals surface area contributed by atoms with E-state index >= 15 is 0 Å². The van der Waals surface area contributed by atoms with Crippen molar-refractivity contribution in [3.05, 3.63) is 70.1 Å². The van der Waals surface area contributed by atoms with Crippen molar-refractivity contribution in [2.45, 2.75) is 31.5 Å². The standard InChI is InChI=1S/C22H17F2N3O4/c1-12-2-5-17(26-19(12)13-6-9-25-18(28)10-13)27-20(29)21(7-8-21)14-3-4-15-16(11-14)31-22(23,24)30-15/h2-6,9-11H,7-8H2,1H3,(H,25,28)(H,26,27,29). The summed E-state index contributed by atoms with van der Waals surface area (Å²) in [5.41, 5.74) is 1.55. The lowest BCUT2D eigenvalue weighted by atomic mass is 9.94. The Balaban J connectivity index is 1.41. The van der Waals surface area contributed by atoms with Gasteiger partial charge in [0.1, 0.15) is 5.82 Å². The largest absolute Gasteiger partial charge is 0.586 e. The molecule has 2 N–H and O–H groups in total. The molecule has 0 spiro atoms. The number of carbonyl (C=O) groups excluding carboxylic acids is 1. The van der Waals surface area contributed by atoms with Crippen LogP contribution < -0.4 is 20.3 Å². The lowest BCUT2D eigenvalue weighted by molar-refractivity contribution is -0.286. The fraction of sp³-hybridized carbons (Fsp3) is 0.227. The number of fused-ring (bicyclic) bond motifs is 1. The van der Waals surface area contributed by atoms with Gasteiger partial charge in [-0.05, 0) is 55.2 Å². The average Bonchev–Trinajstić information content (AvgIpc) is 3.46. The fourth-order valence-corrected chi connectivity index (χ4v) is 3.74. The summed E-state index contributed by atoms with van der Waals surface area (Å²) in [6.07, 6.45) is -1.03. The maximum absolute atomic E-state index is 13.3. The van der Waals surface area contributed by atoms with Crippen LogP contribution in [0.15, 0.2) is 53.5 Å². The van der Waals surface area contributed by atoms with Gasteiger partial charge in [-0.15, -0.1) is 8.78 Å². The van der Waals surface area contributed by atoms with Crippen molar-refractivity contribution < 1.29 is 23.0 Å². The van der Waals surface area contributed by atoms with Crippen LogP contribution in [-0.2, 0) is 10.2 Å². The maximum Gasteiger partial charge on any atom is 0.586 e. The zero-order chi connectivity index (χ0) is 21.8. The molecule has 0 bridgehead atoms. The summed E-state index contributed by atoms with van der Waals surface area (Å²) in [5, 5.41) is 2.82. The Bertz CT molecular complexity index is 1270. The molecule has 31 heavy (non-hydrogen) atoms. The van der Waals surface area contributed by atoms with E-state index in [2.05, 4.69) is 24.8 Å². The van der Waals surface area contributed by atoms with Gasteiger partial charge in [0.15, 0.2) is 11.5 Å². The predicted molar refractivity (Wildman–Crippen MR) is 107 cm³/mol. The van der Waals surface area contributed by atoms with Gasteiger partial charge in [-0.1, -0.05) is 12.1 Å². The minimum absolute atomic E-state index is 0.0624.